The number of hydrogen-bond acceptors (Lipinski definition) is 5. The van der Waals surface area contributed by atoms with Gasteiger partial charge >= 0.3 is 0 Å². The molecule has 1 saturated carbocycles. The van der Waals surface area contributed by atoms with E-state index < -0.39 is 0 Å². The molecule has 82 valence electrons. The summed E-state index contributed by atoms with van der Waals surface area (Å²) < 4.78 is 5.01. The normalized spacial score (nSPS) is 23.6. The third kappa shape index (κ3) is 2.11. The summed E-state index contributed by atoms with van der Waals surface area (Å²) >= 11 is 0. The quantitative estimate of drug-likeness (QED) is 0.776. The molecule has 1 heterocycles. The summed E-state index contributed by atoms with van der Waals surface area (Å²) in [7, 11) is 1.55. The monoisotopic (exact) mass is 208 g/mol. The van der Waals surface area contributed by atoms with E-state index in [-0.39, 0.29) is 0 Å². The second-order valence-electron chi connectivity index (χ2n) is 4.00. The summed E-state index contributed by atoms with van der Waals surface area (Å²) in [6.07, 6.45) is 2.74. The van der Waals surface area contributed by atoms with Gasteiger partial charge in [0.05, 0.1) is 7.11 Å². The van der Waals surface area contributed by atoms with Crippen molar-refractivity contribution in [1.82, 2.24) is 9.97 Å². The van der Waals surface area contributed by atoms with Crippen molar-refractivity contribution < 1.29 is 4.74 Å². The first kappa shape index (κ1) is 10.0. The molecule has 0 saturated heterocycles. The third-order valence-corrected chi connectivity index (χ3v) is 2.85. The van der Waals surface area contributed by atoms with Gasteiger partial charge in [-0.05, 0) is 18.3 Å². The first-order chi connectivity index (χ1) is 7.22. The first-order valence-corrected chi connectivity index (χ1v) is 5.10. The van der Waals surface area contributed by atoms with E-state index in [0.717, 1.165) is 18.4 Å². The molecule has 0 aliphatic heterocycles. The van der Waals surface area contributed by atoms with E-state index in [4.69, 9.17) is 10.5 Å². The minimum Gasteiger partial charge on any atom is -0.479 e. The number of nitrogens with zero attached hydrogens (tertiary/aromatic N) is 2. The molecule has 0 aromatic carbocycles. The standard InChI is InChI=1S/C10H16N4O/c1-6-3-7(6)4-12-9-8(11)10(15-2)14-5-13-9/h5-7H,3-4,11H2,1-2H3,(H,12,13,14). The highest BCUT2D eigenvalue weighted by molar-refractivity contribution is 5.66. The van der Waals surface area contributed by atoms with Gasteiger partial charge in [-0.1, -0.05) is 6.92 Å². The lowest BCUT2D eigenvalue weighted by molar-refractivity contribution is 0.399. The van der Waals surface area contributed by atoms with Crippen LogP contribution in [-0.2, 0) is 0 Å². The summed E-state index contributed by atoms with van der Waals surface area (Å²) in [4.78, 5) is 8.00. The zero-order chi connectivity index (χ0) is 10.8. The molecule has 2 atom stereocenters. The molecule has 5 nitrogen and oxygen atoms in total. The highest BCUT2D eigenvalue weighted by atomic mass is 16.5. The lowest BCUT2D eigenvalue weighted by Gasteiger charge is -2.09. The SMILES string of the molecule is COc1ncnc(NCC2CC2C)c1N. The summed E-state index contributed by atoms with van der Waals surface area (Å²) in [6.45, 7) is 3.17. The average molecular weight is 208 g/mol. The maximum absolute atomic E-state index is 5.82. The molecule has 1 fully saturated rings. The Morgan fingerprint density at radius 2 is 2.33 bits per heavy atom. The summed E-state index contributed by atoms with van der Waals surface area (Å²) in [5.41, 5.74) is 6.30. The molecule has 1 aliphatic carbocycles. The Bertz CT molecular complexity index is 355. The topological polar surface area (TPSA) is 73.1 Å². The van der Waals surface area contributed by atoms with Gasteiger partial charge in [0.1, 0.15) is 12.0 Å². The zero-order valence-electron chi connectivity index (χ0n) is 9.03. The summed E-state index contributed by atoms with van der Waals surface area (Å²) in [5.74, 6) is 2.67. The molecule has 2 rings (SSSR count). The molecular formula is C10H16N4O. The Morgan fingerprint density at radius 3 is 2.93 bits per heavy atom. The van der Waals surface area contributed by atoms with Gasteiger partial charge in [-0.3, -0.25) is 0 Å². The predicted molar refractivity (Wildman–Crippen MR) is 58.8 cm³/mol. The maximum atomic E-state index is 5.82. The fraction of sp³-hybridized carbons (Fsp3) is 0.600. The molecule has 1 aromatic heterocycles. The molecule has 0 spiro atoms. The number of anilines is 2. The number of methoxy groups -OCH3 is 1. The van der Waals surface area contributed by atoms with Crippen LogP contribution in [0.3, 0.4) is 0 Å². The van der Waals surface area contributed by atoms with Crippen molar-refractivity contribution in [2.75, 3.05) is 24.7 Å². The maximum Gasteiger partial charge on any atom is 0.242 e. The molecule has 2 unspecified atom stereocenters. The molecule has 5 heteroatoms. The largest absolute Gasteiger partial charge is 0.479 e. The smallest absolute Gasteiger partial charge is 0.242 e. The van der Waals surface area contributed by atoms with Crippen molar-refractivity contribution in [3.63, 3.8) is 0 Å². The van der Waals surface area contributed by atoms with E-state index in [9.17, 15) is 0 Å². The van der Waals surface area contributed by atoms with Gasteiger partial charge in [0.25, 0.3) is 0 Å². The zero-order valence-corrected chi connectivity index (χ0v) is 9.03. The lowest BCUT2D eigenvalue weighted by Crippen LogP contribution is -2.09. The van der Waals surface area contributed by atoms with Crippen LogP contribution in [0.4, 0.5) is 11.5 Å². The van der Waals surface area contributed by atoms with Crippen LogP contribution in [0.25, 0.3) is 0 Å². The van der Waals surface area contributed by atoms with E-state index in [1.54, 1.807) is 7.11 Å². The van der Waals surface area contributed by atoms with Crippen LogP contribution in [0, 0.1) is 11.8 Å². The molecule has 1 aromatic rings. The Morgan fingerprint density at radius 1 is 1.60 bits per heavy atom. The molecule has 15 heavy (non-hydrogen) atoms. The number of hydrogen-bond donors (Lipinski definition) is 2. The highest BCUT2D eigenvalue weighted by Gasteiger charge is 2.32. The van der Waals surface area contributed by atoms with Crippen molar-refractivity contribution in [2.24, 2.45) is 11.8 Å². The Hall–Kier alpha value is -1.52. The van der Waals surface area contributed by atoms with Gasteiger partial charge in [0, 0.05) is 6.54 Å². The molecule has 0 bridgehead atoms. The van der Waals surface area contributed by atoms with Crippen LogP contribution >= 0.6 is 0 Å². The molecule has 0 amide bonds. The number of rotatable bonds is 4. The summed E-state index contributed by atoms with van der Waals surface area (Å²) in [5, 5.41) is 3.22. The molecule has 1 aliphatic rings. The van der Waals surface area contributed by atoms with E-state index >= 15 is 0 Å². The third-order valence-electron chi connectivity index (χ3n) is 2.85. The van der Waals surface area contributed by atoms with E-state index in [2.05, 4.69) is 22.2 Å². The highest BCUT2D eigenvalue weighted by Crippen LogP contribution is 2.38. The molecular weight excluding hydrogens is 192 g/mol. The fourth-order valence-corrected chi connectivity index (χ4v) is 1.59. The predicted octanol–water partition coefficient (Wildman–Crippen LogP) is 1.14. The minimum atomic E-state index is 0.427. The van der Waals surface area contributed by atoms with Crippen LogP contribution in [0.15, 0.2) is 6.33 Å². The second-order valence-corrected chi connectivity index (χ2v) is 4.00. The van der Waals surface area contributed by atoms with Crippen LogP contribution in [0.2, 0.25) is 0 Å². The molecule has 3 N–H and O–H groups in total. The fourth-order valence-electron chi connectivity index (χ4n) is 1.59. The van der Waals surface area contributed by atoms with Crippen LogP contribution in [0.5, 0.6) is 5.88 Å². The molecule has 0 radical (unpaired) electrons. The number of nitrogens with two attached hydrogens (primary N) is 1. The Kier molecular flexibility index (Phi) is 2.62. The van der Waals surface area contributed by atoms with Gasteiger partial charge < -0.3 is 15.8 Å². The van der Waals surface area contributed by atoms with Crippen LogP contribution in [-0.4, -0.2) is 23.6 Å². The van der Waals surface area contributed by atoms with E-state index in [0.29, 0.717) is 17.4 Å². The average Bonchev–Trinajstić information content (AvgIpc) is 2.93. The first-order valence-electron chi connectivity index (χ1n) is 5.10. The number of nitrogens with one attached hydrogen (secondary N) is 1. The van der Waals surface area contributed by atoms with Crippen LogP contribution < -0.4 is 15.8 Å². The number of ether oxygens (including phenoxy) is 1. The van der Waals surface area contributed by atoms with Gasteiger partial charge in [0.15, 0.2) is 5.82 Å². The van der Waals surface area contributed by atoms with Crippen molar-refractivity contribution in [3.05, 3.63) is 6.33 Å². The lowest BCUT2D eigenvalue weighted by atomic mass is 10.3. The van der Waals surface area contributed by atoms with Gasteiger partial charge in [-0.2, -0.15) is 4.98 Å². The van der Waals surface area contributed by atoms with Gasteiger partial charge in [-0.15, -0.1) is 0 Å². The minimum absolute atomic E-state index is 0.427. The Labute approximate surface area is 89.1 Å². The number of nitrogen functional groups attached to an aromatic ring is 1. The van der Waals surface area contributed by atoms with Gasteiger partial charge in [-0.25, -0.2) is 4.98 Å². The van der Waals surface area contributed by atoms with Crippen molar-refractivity contribution in [3.8, 4) is 5.88 Å². The van der Waals surface area contributed by atoms with E-state index in [1.165, 1.54) is 12.7 Å². The van der Waals surface area contributed by atoms with Crippen molar-refractivity contribution in [1.29, 1.82) is 0 Å². The summed E-state index contributed by atoms with van der Waals surface area (Å²) in [6, 6.07) is 0. The Balaban J connectivity index is 2.01. The van der Waals surface area contributed by atoms with Crippen molar-refractivity contribution >= 4 is 11.5 Å². The second kappa shape index (κ2) is 3.92. The number of aromatic nitrogens is 2. The van der Waals surface area contributed by atoms with Crippen molar-refractivity contribution in [2.45, 2.75) is 13.3 Å². The van der Waals surface area contributed by atoms with Crippen LogP contribution in [0.1, 0.15) is 13.3 Å². The van der Waals surface area contributed by atoms with E-state index in [1.807, 2.05) is 0 Å². The van der Waals surface area contributed by atoms with Gasteiger partial charge in [0.2, 0.25) is 5.88 Å².